The van der Waals surface area contributed by atoms with Crippen LogP contribution >= 0.6 is 0 Å². The zero-order valence-electron chi connectivity index (χ0n) is 14.1. The van der Waals surface area contributed by atoms with Gasteiger partial charge in [0.1, 0.15) is 0 Å². The highest BCUT2D eigenvalue weighted by molar-refractivity contribution is 7.89. The topological polar surface area (TPSA) is 81.5 Å². The van der Waals surface area contributed by atoms with Crippen molar-refractivity contribution in [2.45, 2.75) is 31.1 Å². The van der Waals surface area contributed by atoms with Gasteiger partial charge in [-0.1, -0.05) is 17.7 Å². The molecule has 0 aromatic heterocycles. The van der Waals surface area contributed by atoms with E-state index in [-0.39, 0.29) is 11.8 Å². The number of hydrogen-bond donors (Lipinski definition) is 0. The van der Waals surface area contributed by atoms with Gasteiger partial charge in [0.15, 0.2) is 0 Å². The van der Waals surface area contributed by atoms with Crippen molar-refractivity contribution in [2.75, 3.05) is 26.7 Å². The molecular formula is C17H23N3O3S. The summed E-state index contributed by atoms with van der Waals surface area (Å²) in [6.07, 6.45) is 1.34. The van der Waals surface area contributed by atoms with Crippen LogP contribution in [0.1, 0.15) is 24.8 Å². The van der Waals surface area contributed by atoms with Crippen molar-refractivity contribution in [1.82, 2.24) is 9.21 Å². The van der Waals surface area contributed by atoms with Crippen LogP contribution in [-0.4, -0.2) is 50.2 Å². The Labute approximate surface area is 143 Å². The van der Waals surface area contributed by atoms with Gasteiger partial charge in [0, 0.05) is 32.6 Å². The Balaban J connectivity index is 1.98. The van der Waals surface area contributed by atoms with Gasteiger partial charge in [-0.2, -0.15) is 9.57 Å². The van der Waals surface area contributed by atoms with Crippen LogP contribution in [0.2, 0.25) is 0 Å². The first kappa shape index (κ1) is 18.4. The number of sulfonamides is 1. The van der Waals surface area contributed by atoms with Crippen molar-refractivity contribution in [3.05, 3.63) is 29.8 Å². The first-order valence-electron chi connectivity index (χ1n) is 8.05. The summed E-state index contributed by atoms with van der Waals surface area (Å²) in [7, 11) is -1.81. The fraction of sp³-hybridized carbons (Fsp3) is 0.529. The van der Waals surface area contributed by atoms with Crippen molar-refractivity contribution in [3.8, 4) is 6.07 Å². The lowest BCUT2D eigenvalue weighted by atomic mass is 9.96. The van der Waals surface area contributed by atoms with Crippen LogP contribution in [0.4, 0.5) is 0 Å². The van der Waals surface area contributed by atoms with E-state index in [0.29, 0.717) is 43.8 Å². The van der Waals surface area contributed by atoms with E-state index in [2.05, 4.69) is 0 Å². The Bertz CT molecular complexity index is 714. The number of amides is 1. The highest BCUT2D eigenvalue weighted by Crippen LogP contribution is 2.25. The summed E-state index contributed by atoms with van der Waals surface area (Å²) in [5, 5.41) is 8.60. The number of carbonyl (C=O) groups excluding carboxylic acids is 1. The second-order valence-corrected chi connectivity index (χ2v) is 8.10. The molecule has 0 spiro atoms. The van der Waals surface area contributed by atoms with Crippen LogP contribution in [0.5, 0.6) is 0 Å². The van der Waals surface area contributed by atoms with E-state index in [1.54, 1.807) is 36.2 Å². The highest BCUT2D eigenvalue weighted by Gasteiger charge is 2.32. The van der Waals surface area contributed by atoms with Crippen LogP contribution in [0.3, 0.4) is 0 Å². The second kappa shape index (κ2) is 7.77. The maximum absolute atomic E-state index is 12.6. The Morgan fingerprint density at radius 2 is 1.88 bits per heavy atom. The molecule has 0 atom stereocenters. The molecule has 0 unspecified atom stereocenters. The summed E-state index contributed by atoms with van der Waals surface area (Å²) >= 11 is 0. The Morgan fingerprint density at radius 1 is 1.29 bits per heavy atom. The van der Waals surface area contributed by atoms with Gasteiger partial charge in [-0.15, -0.1) is 0 Å². The van der Waals surface area contributed by atoms with Crippen LogP contribution in [0.25, 0.3) is 0 Å². The molecule has 1 amide bonds. The van der Waals surface area contributed by atoms with E-state index < -0.39 is 10.0 Å². The Kier molecular flexibility index (Phi) is 5.97. The number of piperidine rings is 1. The normalized spacial score (nSPS) is 16.5. The van der Waals surface area contributed by atoms with Crippen LogP contribution in [0.15, 0.2) is 29.2 Å². The summed E-state index contributed by atoms with van der Waals surface area (Å²) in [5.74, 6) is -0.171. The lowest BCUT2D eigenvalue weighted by molar-refractivity contribution is -0.135. The third kappa shape index (κ3) is 4.13. The van der Waals surface area contributed by atoms with Crippen molar-refractivity contribution >= 4 is 15.9 Å². The summed E-state index contributed by atoms with van der Waals surface area (Å²) < 4.78 is 26.7. The third-order valence-electron chi connectivity index (χ3n) is 4.40. The molecule has 2 rings (SSSR count). The van der Waals surface area contributed by atoms with Crippen molar-refractivity contribution in [3.63, 3.8) is 0 Å². The molecule has 1 heterocycles. The average molecular weight is 349 g/mol. The summed E-state index contributed by atoms with van der Waals surface area (Å²) in [6.45, 7) is 3.02. The summed E-state index contributed by atoms with van der Waals surface area (Å²) in [6, 6.07) is 8.84. The zero-order chi connectivity index (χ0) is 17.7. The number of benzene rings is 1. The molecule has 1 saturated heterocycles. The number of carbonyl (C=O) groups is 1. The lowest BCUT2D eigenvalue weighted by Gasteiger charge is -2.32. The molecule has 0 aliphatic carbocycles. The molecule has 1 aromatic rings. The molecule has 0 bridgehead atoms. The number of aryl methyl sites for hydroxylation is 1. The summed E-state index contributed by atoms with van der Waals surface area (Å²) in [4.78, 5) is 14.2. The standard InChI is InChI=1S/C17H23N3O3S/c1-14-4-6-16(7-5-14)24(22,23)20-12-8-15(9-13-20)17(21)19(2)11-3-10-18/h4-7,15H,3,8-9,11-13H2,1-2H3. The second-order valence-electron chi connectivity index (χ2n) is 6.16. The quantitative estimate of drug-likeness (QED) is 0.811. The van der Waals surface area contributed by atoms with Crippen molar-refractivity contribution in [2.24, 2.45) is 5.92 Å². The first-order chi connectivity index (χ1) is 11.4. The zero-order valence-corrected chi connectivity index (χ0v) is 14.9. The van der Waals surface area contributed by atoms with Crippen LogP contribution in [-0.2, 0) is 14.8 Å². The average Bonchev–Trinajstić information content (AvgIpc) is 2.59. The van der Waals surface area contributed by atoms with Gasteiger partial charge in [0.25, 0.3) is 0 Å². The molecule has 0 saturated carbocycles. The fourth-order valence-corrected chi connectivity index (χ4v) is 4.31. The van der Waals surface area contributed by atoms with Gasteiger partial charge in [-0.05, 0) is 31.9 Å². The van der Waals surface area contributed by atoms with Gasteiger partial charge in [-0.25, -0.2) is 8.42 Å². The molecular weight excluding hydrogens is 326 g/mol. The van der Waals surface area contributed by atoms with E-state index in [9.17, 15) is 13.2 Å². The van der Waals surface area contributed by atoms with Gasteiger partial charge in [0.05, 0.1) is 17.4 Å². The SMILES string of the molecule is Cc1ccc(S(=O)(=O)N2CCC(C(=O)N(C)CCC#N)CC2)cc1. The van der Waals surface area contributed by atoms with Gasteiger partial charge < -0.3 is 4.90 Å². The van der Waals surface area contributed by atoms with Crippen LogP contribution < -0.4 is 0 Å². The predicted molar refractivity (Wildman–Crippen MR) is 90.5 cm³/mol. The van der Waals surface area contributed by atoms with E-state index in [0.717, 1.165) is 5.56 Å². The van der Waals surface area contributed by atoms with Gasteiger partial charge in [-0.3, -0.25) is 4.79 Å². The number of nitriles is 1. The number of hydrogen-bond acceptors (Lipinski definition) is 4. The van der Waals surface area contributed by atoms with Crippen molar-refractivity contribution < 1.29 is 13.2 Å². The molecule has 6 nitrogen and oxygen atoms in total. The molecule has 24 heavy (non-hydrogen) atoms. The van der Waals surface area contributed by atoms with Crippen molar-refractivity contribution in [1.29, 1.82) is 5.26 Å². The van der Waals surface area contributed by atoms with Gasteiger partial charge in [0.2, 0.25) is 15.9 Å². The molecule has 130 valence electrons. The molecule has 0 N–H and O–H groups in total. The maximum atomic E-state index is 12.6. The molecule has 1 aliphatic rings. The molecule has 1 aliphatic heterocycles. The Hall–Kier alpha value is -1.91. The van der Waals surface area contributed by atoms with E-state index in [1.165, 1.54) is 4.31 Å². The van der Waals surface area contributed by atoms with Gasteiger partial charge >= 0.3 is 0 Å². The van der Waals surface area contributed by atoms with E-state index in [4.69, 9.17) is 5.26 Å². The fourth-order valence-electron chi connectivity index (χ4n) is 2.84. The number of nitrogens with zero attached hydrogens (tertiary/aromatic N) is 3. The number of rotatable bonds is 5. The molecule has 7 heteroatoms. The van der Waals surface area contributed by atoms with E-state index >= 15 is 0 Å². The molecule has 1 aromatic carbocycles. The maximum Gasteiger partial charge on any atom is 0.243 e. The minimum atomic E-state index is -3.50. The Morgan fingerprint density at radius 3 is 2.42 bits per heavy atom. The van der Waals surface area contributed by atoms with E-state index in [1.807, 2.05) is 13.0 Å². The highest BCUT2D eigenvalue weighted by atomic mass is 32.2. The predicted octanol–water partition coefficient (Wildman–Crippen LogP) is 1.77. The first-order valence-corrected chi connectivity index (χ1v) is 9.49. The lowest BCUT2D eigenvalue weighted by Crippen LogP contribution is -2.43. The monoisotopic (exact) mass is 349 g/mol. The smallest absolute Gasteiger partial charge is 0.243 e. The largest absolute Gasteiger partial charge is 0.344 e. The van der Waals surface area contributed by atoms with Crippen LogP contribution in [0, 0.1) is 24.2 Å². The third-order valence-corrected chi connectivity index (χ3v) is 6.31. The summed E-state index contributed by atoms with van der Waals surface area (Å²) in [5.41, 5.74) is 1.01. The molecule has 1 fully saturated rings. The molecule has 0 radical (unpaired) electrons. The minimum Gasteiger partial charge on any atom is -0.344 e. The minimum absolute atomic E-state index is 0.00219.